The van der Waals surface area contributed by atoms with Crippen LogP contribution in [0, 0.1) is 5.92 Å². The summed E-state index contributed by atoms with van der Waals surface area (Å²) in [4.78, 5) is 22.4. The number of aromatic nitrogens is 4. The minimum Gasteiger partial charge on any atom is -0.370 e. The first-order chi connectivity index (χ1) is 12.1. The van der Waals surface area contributed by atoms with Gasteiger partial charge in [0.15, 0.2) is 0 Å². The van der Waals surface area contributed by atoms with Crippen molar-refractivity contribution in [2.24, 2.45) is 13.0 Å². The summed E-state index contributed by atoms with van der Waals surface area (Å²) in [5, 5.41) is 7.73. The van der Waals surface area contributed by atoms with E-state index in [1.807, 2.05) is 6.20 Å². The molecule has 134 valence electrons. The smallest absolute Gasteiger partial charge is 0.268 e. The van der Waals surface area contributed by atoms with Crippen LogP contribution in [-0.2, 0) is 13.5 Å². The number of hydrogen-bond acceptors (Lipinski definition) is 6. The van der Waals surface area contributed by atoms with Crippen molar-refractivity contribution in [3.8, 4) is 0 Å². The normalized spacial score (nSPS) is 16.8. The average Bonchev–Trinajstić information content (AvgIpc) is 2.64. The summed E-state index contributed by atoms with van der Waals surface area (Å²) in [6.45, 7) is 5.15. The second kappa shape index (κ2) is 8.20. The Morgan fingerprint density at radius 3 is 2.76 bits per heavy atom. The van der Waals surface area contributed by atoms with E-state index in [-0.39, 0.29) is 5.56 Å². The monoisotopic (exact) mass is 342 g/mol. The molecule has 1 saturated heterocycles. The summed E-state index contributed by atoms with van der Waals surface area (Å²) in [5.41, 5.74) is 1.90. The highest BCUT2D eigenvalue weighted by molar-refractivity contribution is 5.43. The second-order valence-electron chi connectivity index (χ2n) is 6.82. The molecule has 3 heterocycles. The van der Waals surface area contributed by atoms with E-state index in [1.165, 1.54) is 4.68 Å². The Kier molecular flexibility index (Phi) is 5.75. The lowest BCUT2D eigenvalue weighted by Gasteiger charge is -2.33. The summed E-state index contributed by atoms with van der Waals surface area (Å²) in [6, 6.07) is 2.06. The van der Waals surface area contributed by atoms with E-state index in [0.29, 0.717) is 12.0 Å². The third kappa shape index (κ3) is 4.85. The molecule has 1 aliphatic heterocycles. The fraction of sp³-hybridized carbons (Fsp3) is 0.556. The topological polar surface area (TPSA) is 75.9 Å². The van der Waals surface area contributed by atoms with Crippen LogP contribution in [-0.4, -0.2) is 45.4 Å². The molecule has 0 saturated carbocycles. The Hall–Kier alpha value is -2.28. The molecule has 1 fully saturated rings. The SMILES string of the molecule is C[C@H](Cc1cnccn1)NCC1CCN(c2cnn(C)c(=O)c2)CC1. The molecule has 25 heavy (non-hydrogen) atoms. The van der Waals surface area contributed by atoms with Gasteiger partial charge in [-0.1, -0.05) is 0 Å². The minimum atomic E-state index is -0.0564. The molecule has 0 aliphatic carbocycles. The van der Waals surface area contributed by atoms with Crippen molar-refractivity contribution in [1.29, 1.82) is 0 Å². The molecule has 0 bridgehead atoms. The maximum Gasteiger partial charge on any atom is 0.268 e. The predicted octanol–water partition coefficient (Wildman–Crippen LogP) is 1.01. The number of aryl methyl sites for hydroxylation is 1. The van der Waals surface area contributed by atoms with Gasteiger partial charge in [0.1, 0.15) is 0 Å². The van der Waals surface area contributed by atoms with Crippen molar-refractivity contribution in [3.63, 3.8) is 0 Å². The van der Waals surface area contributed by atoms with Crippen LogP contribution in [0.2, 0.25) is 0 Å². The summed E-state index contributed by atoms with van der Waals surface area (Å²) >= 11 is 0. The summed E-state index contributed by atoms with van der Waals surface area (Å²) in [5.74, 6) is 0.667. The van der Waals surface area contributed by atoms with E-state index in [9.17, 15) is 4.79 Å². The van der Waals surface area contributed by atoms with Crippen LogP contribution in [0.1, 0.15) is 25.5 Å². The molecule has 0 aromatic carbocycles. The molecule has 0 unspecified atom stereocenters. The molecule has 0 amide bonds. The van der Waals surface area contributed by atoms with Crippen molar-refractivity contribution in [1.82, 2.24) is 25.1 Å². The molecule has 2 aromatic rings. The fourth-order valence-electron chi connectivity index (χ4n) is 3.22. The zero-order valence-electron chi connectivity index (χ0n) is 14.9. The second-order valence-corrected chi connectivity index (χ2v) is 6.82. The van der Waals surface area contributed by atoms with Crippen molar-refractivity contribution in [3.05, 3.63) is 46.9 Å². The van der Waals surface area contributed by atoms with Gasteiger partial charge in [0, 0.05) is 57.3 Å². The maximum atomic E-state index is 11.7. The molecule has 2 aromatic heterocycles. The van der Waals surface area contributed by atoms with Crippen LogP contribution in [0.4, 0.5) is 5.69 Å². The Morgan fingerprint density at radius 1 is 1.28 bits per heavy atom. The third-order valence-electron chi connectivity index (χ3n) is 4.82. The lowest BCUT2D eigenvalue weighted by molar-refractivity contribution is 0.364. The van der Waals surface area contributed by atoms with E-state index >= 15 is 0 Å². The van der Waals surface area contributed by atoms with E-state index < -0.39 is 0 Å². The third-order valence-corrected chi connectivity index (χ3v) is 4.82. The highest BCUT2D eigenvalue weighted by atomic mass is 16.1. The van der Waals surface area contributed by atoms with Gasteiger partial charge in [-0.25, -0.2) is 4.68 Å². The van der Waals surface area contributed by atoms with Crippen molar-refractivity contribution < 1.29 is 0 Å². The minimum absolute atomic E-state index is 0.0564. The standard InChI is InChI=1S/C18H26N6O/c1-14(9-16-12-19-5-6-20-16)21-11-15-3-7-24(8-4-15)17-10-18(25)23(2)22-13-17/h5-6,10,12-15,21H,3-4,7-9,11H2,1-2H3/t14-/m1/s1. The molecule has 1 N–H and O–H groups in total. The number of nitrogens with zero attached hydrogens (tertiary/aromatic N) is 5. The van der Waals surface area contributed by atoms with Crippen molar-refractivity contribution in [2.45, 2.75) is 32.2 Å². The largest absolute Gasteiger partial charge is 0.370 e. The van der Waals surface area contributed by atoms with Gasteiger partial charge in [0.05, 0.1) is 17.6 Å². The van der Waals surface area contributed by atoms with Crippen LogP contribution >= 0.6 is 0 Å². The highest BCUT2D eigenvalue weighted by Gasteiger charge is 2.20. The van der Waals surface area contributed by atoms with Crippen LogP contribution in [0.5, 0.6) is 0 Å². The molecule has 7 heteroatoms. The lowest BCUT2D eigenvalue weighted by atomic mass is 9.96. The Bertz CT molecular complexity index is 724. The van der Waals surface area contributed by atoms with Crippen molar-refractivity contribution >= 4 is 5.69 Å². The van der Waals surface area contributed by atoms with Crippen LogP contribution in [0.3, 0.4) is 0 Å². The van der Waals surface area contributed by atoms with Gasteiger partial charge in [0.2, 0.25) is 0 Å². The quantitative estimate of drug-likeness (QED) is 0.844. The molecule has 1 aliphatic rings. The first kappa shape index (κ1) is 17.5. The van der Waals surface area contributed by atoms with E-state index in [0.717, 1.165) is 50.3 Å². The van der Waals surface area contributed by atoms with E-state index in [4.69, 9.17) is 0 Å². The van der Waals surface area contributed by atoms with Gasteiger partial charge in [-0.3, -0.25) is 14.8 Å². The first-order valence-corrected chi connectivity index (χ1v) is 8.88. The number of nitrogens with one attached hydrogen (secondary N) is 1. The van der Waals surface area contributed by atoms with Gasteiger partial charge < -0.3 is 10.2 Å². The molecule has 7 nitrogen and oxygen atoms in total. The number of anilines is 1. The Balaban J connectivity index is 1.43. The van der Waals surface area contributed by atoms with Crippen LogP contribution in [0.15, 0.2) is 35.6 Å². The average molecular weight is 342 g/mol. The predicted molar refractivity (Wildman–Crippen MR) is 97.6 cm³/mol. The zero-order valence-corrected chi connectivity index (χ0v) is 14.9. The van der Waals surface area contributed by atoms with Gasteiger partial charge in [-0.05, 0) is 32.2 Å². The fourth-order valence-corrected chi connectivity index (χ4v) is 3.22. The highest BCUT2D eigenvalue weighted by Crippen LogP contribution is 2.21. The molecular formula is C18H26N6O. The van der Waals surface area contributed by atoms with E-state index in [1.54, 1.807) is 31.7 Å². The Labute approximate surface area is 148 Å². The number of rotatable bonds is 6. The number of hydrogen-bond donors (Lipinski definition) is 1. The van der Waals surface area contributed by atoms with Gasteiger partial charge in [0.25, 0.3) is 5.56 Å². The molecule has 0 radical (unpaired) electrons. The van der Waals surface area contributed by atoms with Gasteiger partial charge >= 0.3 is 0 Å². The summed E-state index contributed by atoms with van der Waals surface area (Å²) in [6.07, 6.45) is 10.2. The lowest BCUT2D eigenvalue weighted by Crippen LogP contribution is -2.40. The zero-order chi connectivity index (χ0) is 17.6. The summed E-state index contributed by atoms with van der Waals surface area (Å²) in [7, 11) is 1.67. The molecule has 1 atom stereocenters. The summed E-state index contributed by atoms with van der Waals surface area (Å²) < 4.78 is 1.36. The molecular weight excluding hydrogens is 316 g/mol. The first-order valence-electron chi connectivity index (χ1n) is 8.88. The van der Waals surface area contributed by atoms with Crippen molar-refractivity contribution in [2.75, 3.05) is 24.5 Å². The number of piperidine rings is 1. The molecule has 0 spiro atoms. The maximum absolute atomic E-state index is 11.7. The van der Waals surface area contributed by atoms with E-state index in [2.05, 4.69) is 32.2 Å². The van der Waals surface area contributed by atoms with Crippen LogP contribution < -0.4 is 15.8 Å². The van der Waals surface area contributed by atoms with Crippen LogP contribution in [0.25, 0.3) is 0 Å². The Morgan fingerprint density at radius 2 is 2.08 bits per heavy atom. The van der Waals surface area contributed by atoms with Gasteiger partial charge in [-0.2, -0.15) is 5.10 Å². The molecule has 3 rings (SSSR count). The van der Waals surface area contributed by atoms with Gasteiger partial charge in [-0.15, -0.1) is 0 Å².